The summed E-state index contributed by atoms with van der Waals surface area (Å²) in [5.74, 6) is 1.71. The van der Waals surface area contributed by atoms with E-state index in [0.29, 0.717) is 5.96 Å². The molecule has 7 heteroatoms. The standard InChI is InChI=1S/C18H26N6O/c1-12-11-18(2,19)23-17(21-12)22-14-9-13-3-8-25-16(13)15(10-14)24-6-4-20-5-7-24/h9-11,20H,3-8,19H2,1-2H3,(H2,21,22,23). The van der Waals surface area contributed by atoms with Crippen LogP contribution < -0.4 is 31.3 Å². The van der Waals surface area contributed by atoms with Gasteiger partial charge in [-0.05, 0) is 32.1 Å². The Hall–Kier alpha value is -2.25. The minimum Gasteiger partial charge on any atom is -0.491 e. The van der Waals surface area contributed by atoms with Crippen molar-refractivity contribution in [3.8, 4) is 5.75 Å². The van der Waals surface area contributed by atoms with Crippen molar-refractivity contribution in [2.75, 3.05) is 43.0 Å². The molecule has 0 aromatic heterocycles. The maximum absolute atomic E-state index is 6.17. The molecule has 1 fully saturated rings. The zero-order chi connectivity index (χ0) is 17.4. The predicted molar refractivity (Wildman–Crippen MR) is 101 cm³/mol. The lowest BCUT2D eigenvalue weighted by Gasteiger charge is -2.31. The zero-order valence-electron chi connectivity index (χ0n) is 14.9. The van der Waals surface area contributed by atoms with Gasteiger partial charge < -0.3 is 31.3 Å². The predicted octanol–water partition coefficient (Wildman–Crippen LogP) is 0.981. The van der Waals surface area contributed by atoms with Gasteiger partial charge in [0.15, 0.2) is 0 Å². The summed E-state index contributed by atoms with van der Waals surface area (Å²) < 4.78 is 5.91. The third-order valence-corrected chi connectivity index (χ3v) is 4.66. The van der Waals surface area contributed by atoms with Gasteiger partial charge in [-0.2, -0.15) is 0 Å². The molecule has 0 spiro atoms. The van der Waals surface area contributed by atoms with Crippen LogP contribution in [0.4, 0.5) is 11.4 Å². The van der Waals surface area contributed by atoms with Crippen molar-refractivity contribution in [3.63, 3.8) is 0 Å². The number of rotatable bonds is 2. The van der Waals surface area contributed by atoms with Gasteiger partial charge in [-0.15, -0.1) is 0 Å². The van der Waals surface area contributed by atoms with Crippen LogP contribution in [0.3, 0.4) is 0 Å². The first-order chi connectivity index (χ1) is 12.0. The first kappa shape index (κ1) is 16.2. The quantitative estimate of drug-likeness (QED) is 0.641. The molecule has 0 amide bonds. The Kier molecular flexibility index (Phi) is 4.05. The third-order valence-electron chi connectivity index (χ3n) is 4.66. The fraction of sp³-hybridized carbons (Fsp3) is 0.500. The summed E-state index contributed by atoms with van der Waals surface area (Å²) in [7, 11) is 0. The third kappa shape index (κ3) is 3.43. The molecule has 134 valence electrons. The van der Waals surface area contributed by atoms with Crippen molar-refractivity contribution in [1.29, 1.82) is 0 Å². The molecule has 3 aliphatic rings. The average Bonchev–Trinajstić information content (AvgIpc) is 3.01. The number of piperazine rings is 1. The lowest BCUT2D eigenvalue weighted by Crippen LogP contribution is -2.44. The maximum Gasteiger partial charge on any atom is 0.202 e. The Morgan fingerprint density at radius 1 is 1.32 bits per heavy atom. The summed E-state index contributed by atoms with van der Waals surface area (Å²) in [6, 6.07) is 4.31. The number of hydrogen-bond donors (Lipinski definition) is 4. The molecule has 5 N–H and O–H groups in total. The Labute approximate surface area is 148 Å². The second-order valence-electron chi connectivity index (χ2n) is 7.08. The zero-order valence-corrected chi connectivity index (χ0v) is 14.9. The van der Waals surface area contributed by atoms with Crippen molar-refractivity contribution in [2.24, 2.45) is 10.7 Å². The van der Waals surface area contributed by atoms with Crippen LogP contribution in [0.5, 0.6) is 5.75 Å². The summed E-state index contributed by atoms with van der Waals surface area (Å²) in [6.07, 6.45) is 2.86. The fourth-order valence-electron chi connectivity index (χ4n) is 3.66. The fourth-order valence-corrected chi connectivity index (χ4v) is 3.66. The monoisotopic (exact) mass is 342 g/mol. The molecule has 1 aromatic rings. The van der Waals surface area contributed by atoms with Crippen LogP contribution in [0.2, 0.25) is 0 Å². The molecule has 1 aromatic carbocycles. The van der Waals surface area contributed by atoms with Gasteiger partial charge in [-0.1, -0.05) is 0 Å². The minimum absolute atomic E-state index is 0.676. The molecule has 3 heterocycles. The first-order valence-electron chi connectivity index (χ1n) is 8.88. The summed E-state index contributed by atoms with van der Waals surface area (Å²) in [5.41, 5.74) is 9.89. The normalized spacial score (nSPS) is 25.5. The van der Waals surface area contributed by atoms with Crippen molar-refractivity contribution < 1.29 is 4.74 Å². The van der Waals surface area contributed by atoms with Crippen molar-refractivity contribution in [2.45, 2.75) is 25.9 Å². The van der Waals surface area contributed by atoms with Gasteiger partial charge in [-0.25, -0.2) is 4.99 Å². The van der Waals surface area contributed by atoms with Crippen LogP contribution in [-0.2, 0) is 6.42 Å². The van der Waals surface area contributed by atoms with E-state index in [2.05, 4.69) is 38.0 Å². The molecule has 1 unspecified atom stereocenters. The number of nitrogens with two attached hydrogens (primary N) is 1. The highest BCUT2D eigenvalue weighted by Gasteiger charge is 2.24. The highest BCUT2D eigenvalue weighted by Crippen LogP contribution is 2.39. The van der Waals surface area contributed by atoms with Crippen molar-refractivity contribution in [1.82, 2.24) is 10.6 Å². The van der Waals surface area contributed by atoms with Gasteiger partial charge in [0, 0.05) is 49.5 Å². The molecule has 0 saturated carbocycles. The lowest BCUT2D eigenvalue weighted by atomic mass is 10.1. The molecule has 0 bridgehead atoms. The molecule has 1 atom stereocenters. The number of aliphatic imine (C=N–C) groups is 1. The Morgan fingerprint density at radius 3 is 2.88 bits per heavy atom. The van der Waals surface area contributed by atoms with Gasteiger partial charge in [0.2, 0.25) is 5.96 Å². The van der Waals surface area contributed by atoms with Crippen LogP contribution >= 0.6 is 0 Å². The topological polar surface area (TPSA) is 86.9 Å². The molecule has 3 aliphatic heterocycles. The van der Waals surface area contributed by atoms with E-state index in [-0.39, 0.29) is 0 Å². The maximum atomic E-state index is 6.17. The molecule has 4 rings (SSSR count). The summed E-state index contributed by atoms with van der Waals surface area (Å²) in [6.45, 7) is 8.60. The summed E-state index contributed by atoms with van der Waals surface area (Å²) in [4.78, 5) is 6.93. The Bertz CT molecular complexity index is 733. The molecule has 0 aliphatic carbocycles. The number of allylic oxidation sites excluding steroid dienone is 1. The van der Waals surface area contributed by atoms with Crippen LogP contribution in [0.25, 0.3) is 0 Å². The SMILES string of the molecule is CC1=CC(C)(N)N=C(Nc2cc3c(c(N4CCNCC4)c2)OCC3)N1. The average molecular weight is 342 g/mol. The molecular weight excluding hydrogens is 316 g/mol. The van der Waals surface area contributed by atoms with Gasteiger partial charge in [0.05, 0.1) is 12.3 Å². The summed E-state index contributed by atoms with van der Waals surface area (Å²) >= 11 is 0. The molecular formula is C18H26N6O. The number of nitrogens with zero attached hydrogens (tertiary/aromatic N) is 2. The number of hydrogen-bond acceptors (Lipinski definition) is 7. The van der Waals surface area contributed by atoms with Crippen LogP contribution in [0, 0.1) is 0 Å². The van der Waals surface area contributed by atoms with E-state index in [1.54, 1.807) is 0 Å². The van der Waals surface area contributed by atoms with Crippen LogP contribution in [0.1, 0.15) is 19.4 Å². The Balaban J connectivity index is 1.63. The molecule has 1 saturated heterocycles. The molecule has 25 heavy (non-hydrogen) atoms. The Morgan fingerprint density at radius 2 is 2.12 bits per heavy atom. The van der Waals surface area contributed by atoms with Gasteiger partial charge in [0.1, 0.15) is 11.4 Å². The number of guanidine groups is 1. The van der Waals surface area contributed by atoms with Gasteiger partial charge >= 0.3 is 0 Å². The van der Waals surface area contributed by atoms with E-state index < -0.39 is 5.66 Å². The second-order valence-corrected chi connectivity index (χ2v) is 7.08. The van der Waals surface area contributed by atoms with Crippen LogP contribution in [-0.4, -0.2) is 44.4 Å². The minimum atomic E-state index is -0.696. The van der Waals surface area contributed by atoms with Gasteiger partial charge in [0.25, 0.3) is 0 Å². The van der Waals surface area contributed by atoms with E-state index in [4.69, 9.17) is 10.5 Å². The van der Waals surface area contributed by atoms with Crippen LogP contribution in [0.15, 0.2) is 28.9 Å². The largest absolute Gasteiger partial charge is 0.491 e. The first-order valence-corrected chi connectivity index (χ1v) is 8.88. The van der Waals surface area contributed by atoms with Crippen molar-refractivity contribution in [3.05, 3.63) is 29.5 Å². The smallest absolute Gasteiger partial charge is 0.202 e. The van der Waals surface area contributed by atoms with E-state index >= 15 is 0 Å². The number of fused-ring (bicyclic) bond motifs is 1. The lowest BCUT2D eigenvalue weighted by molar-refractivity contribution is 0.356. The number of nitrogens with one attached hydrogen (secondary N) is 3. The van der Waals surface area contributed by atoms with E-state index in [0.717, 1.165) is 62.0 Å². The number of anilines is 2. The van der Waals surface area contributed by atoms with E-state index in [1.165, 1.54) is 5.56 Å². The van der Waals surface area contributed by atoms with E-state index in [1.807, 2.05) is 19.9 Å². The van der Waals surface area contributed by atoms with E-state index in [9.17, 15) is 0 Å². The highest BCUT2D eigenvalue weighted by molar-refractivity contribution is 5.96. The second kappa shape index (κ2) is 6.24. The van der Waals surface area contributed by atoms with Crippen molar-refractivity contribution >= 4 is 17.3 Å². The summed E-state index contributed by atoms with van der Waals surface area (Å²) in [5, 5.41) is 10.0. The highest BCUT2D eigenvalue weighted by atomic mass is 16.5. The van der Waals surface area contributed by atoms with Gasteiger partial charge in [-0.3, -0.25) is 0 Å². The molecule has 7 nitrogen and oxygen atoms in total. The number of benzene rings is 1. The molecule has 0 radical (unpaired) electrons. The number of ether oxygens (including phenoxy) is 1.